The third-order valence-corrected chi connectivity index (χ3v) is 12.6. The van der Waals surface area contributed by atoms with E-state index in [4.69, 9.17) is 9.97 Å². The summed E-state index contributed by atoms with van der Waals surface area (Å²) in [5, 5.41) is 13.2. The first-order chi connectivity index (χ1) is 25.6. The van der Waals surface area contributed by atoms with E-state index in [-0.39, 0.29) is 36.2 Å². The molecule has 3 aliphatic heterocycles. The summed E-state index contributed by atoms with van der Waals surface area (Å²) in [5.74, 6) is 0.0536. The van der Waals surface area contributed by atoms with Crippen LogP contribution in [0.4, 0.5) is 21.6 Å². The van der Waals surface area contributed by atoms with Crippen molar-refractivity contribution >= 4 is 40.0 Å². The Balaban J connectivity index is 1.18. The maximum absolute atomic E-state index is 15.0. The second-order valence-electron chi connectivity index (χ2n) is 17.9. The summed E-state index contributed by atoms with van der Waals surface area (Å²) in [5.41, 5.74) is 4.60. The number of aromatic nitrogens is 4. The number of rotatable bonds is 8. The third-order valence-electron chi connectivity index (χ3n) is 12.6. The largest absolute Gasteiger partial charge is 0.395 e. The number of piperidine rings is 1. The minimum absolute atomic E-state index is 0.0827. The molecule has 0 atom stereocenters. The Labute approximate surface area is 317 Å². The molecule has 4 aromatic rings. The van der Waals surface area contributed by atoms with Gasteiger partial charge in [-0.05, 0) is 102 Å². The lowest BCUT2D eigenvalue weighted by atomic mass is 9.73. The second-order valence-corrected chi connectivity index (χ2v) is 17.9. The minimum Gasteiger partial charge on any atom is -0.395 e. The number of benzene rings is 1. The highest BCUT2D eigenvalue weighted by Crippen LogP contribution is 2.52. The molecule has 286 valence electrons. The fraction of sp³-hybridized carbons (Fsp3) is 0.548. The summed E-state index contributed by atoms with van der Waals surface area (Å²) in [6.07, 6.45) is 7.10. The summed E-state index contributed by atoms with van der Waals surface area (Å²) in [6, 6.07) is 10.5. The van der Waals surface area contributed by atoms with E-state index in [1.807, 2.05) is 28.5 Å². The fourth-order valence-electron chi connectivity index (χ4n) is 9.17. The molecule has 1 spiro atoms. The van der Waals surface area contributed by atoms with E-state index in [9.17, 15) is 14.7 Å². The number of nitrogens with one attached hydrogen (secondary N) is 1. The number of fused-ring (bicyclic) bond motifs is 3. The average molecular weight is 737 g/mol. The number of imidazole rings is 1. The van der Waals surface area contributed by atoms with E-state index in [1.165, 1.54) is 12.6 Å². The summed E-state index contributed by atoms with van der Waals surface area (Å²) in [7, 11) is 0. The van der Waals surface area contributed by atoms with Gasteiger partial charge in [0.05, 0.1) is 46.9 Å². The molecule has 0 bridgehead atoms. The number of likely N-dealkylation sites (tertiary alicyclic amines) is 2. The number of carbonyl (C=O) groups excluding carboxylic acids is 2. The van der Waals surface area contributed by atoms with Gasteiger partial charge < -0.3 is 24.8 Å². The molecular formula is C42H53FN8O3. The summed E-state index contributed by atoms with van der Waals surface area (Å²) < 4.78 is 17.1. The van der Waals surface area contributed by atoms with Crippen molar-refractivity contribution < 1.29 is 19.1 Å². The lowest BCUT2D eigenvalue weighted by Gasteiger charge is -2.47. The van der Waals surface area contributed by atoms with Crippen molar-refractivity contribution in [2.75, 3.05) is 43.0 Å². The number of halogens is 1. The Hall–Kier alpha value is -4.42. The zero-order valence-corrected chi connectivity index (χ0v) is 32.6. The molecule has 3 aromatic heterocycles. The number of nitrogens with zero attached hydrogens (tertiary/aromatic N) is 7. The molecule has 2 N–H and O–H groups in total. The molecule has 2 saturated heterocycles. The molecule has 6 heterocycles. The quantitative estimate of drug-likeness (QED) is 0.204. The van der Waals surface area contributed by atoms with E-state index in [0.29, 0.717) is 54.6 Å². The first-order valence-electron chi connectivity index (χ1n) is 19.5. The monoisotopic (exact) mass is 736 g/mol. The summed E-state index contributed by atoms with van der Waals surface area (Å²) >= 11 is 0. The van der Waals surface area contributed by atoms with Gasteiger partial charge in [0.1, 0.15) is 5.52 Å². The third kappa shape index (κ3) is 6.05. The number of amides is 2. The Morgan fingerprint density at radius 1 is 1.06 bits per heavy atom. The minimum atomic E-state index is -0.872. The van der Waals surface area contributed by atoms with Gasteiger partial charge in [-0.25, -0.2) is 14.4 Å². The molecule has 0 unspecified atom stereocenters. The van der Waals surface area contributed by atoms with Crippen molar-refractivity contribution in [3.63, 3.8) is 0 Å². The van der Waals surface area contributed by atoms with Gasteiger partial charge in [0.25, 0.3) is 0 Å². The van der Waals surface area contributed by atoms with Crippen molar-refractivity contribution in [2.45, 2.75) is 104 Å². The van der Waals surface area contributed by atoms with Gasteiger partial charge in [0.2, 0.25) is 11.8 Å². The standard InChI is InChI=1S/C42H53FN8O3/c1-25(2)50-24-45-34-20-32(46-37(36(34)50)47-33-16-26(3)44-21-31(33)43)27-8-9-30-35(17-27)51(29-18-28(19-29)49-13-10-40(4,5)22-49)39(54)42(30)11-14-48(15-12-42)38(53)41(6,7)23-52/h8-9,16-17,20-21,24-25,28-29,52H,10-15,18-19,22-23H2,1-7H3,(H,44,46,47)/t28-,29+. The van der Waals surface area contributed by atoms with Gasteiger partial charge in [-0.2, -0.15) is 0 Å². The number of aliphatic hydroxyl groups is 1. The van der Waals surface area contributed by atoms with Gasteiger partial charge in [0.15, 0.2) is 11.6 Å². The molecular weight excluding hydrogens is 684 g/mol. The van der Waals surface area contributed by atoms with Gasteiger partial charge in [-0.15, -0.1) is 0 Å². The molecule has 1 saturated carbocycles. The lowest BCUT2D eigenvalue weighted by molar-refractivity contribution is -0.145. The predicted octanol–water partition coefficient (Wildman–Crippen LogP) is 6.75. The predicted molar refractivity (Wildman–Crippen MR) is 208 cm³/mol. The number of anilines is 3. The van der Waals surface area contributed by atoms with Gasteiger partial charge >= 0.3 is 0 Å². The van der Waals surface area contributed by atoms with Crippen LogP contribution in [0.3, 0.4) is 0 Å². The van der Waals surface area contributed by atoms with Crippen LogP contribution in [0.25, 0.3) is 22.3 Å². The van der Waals surface area contributed by atoms with Crippen LogP contribution in [0.15, 0.2) is 42.9 Å². The van der Waals surface area contributed by atoms with Crippen LogP contribution in [0, 0.1) is 23.6 Å². The normalized spacial score (nSPS) is 22.4. The van der Waals surface area contributed by atoms with Crippen LogP contribution in [-0.2, 0) is 15.0 Å². The molecule has 11 nitrogen and oxygen atoms in total. The zero-order chi connectivity index (χ0) is 38.3. The Morgan fingerprint density at radius 2 is 1.80 bits per heavy atom. The van der Waals surface area contributed by atoms with E-state index in [1.54, 1.807) is 26.2 Å². The van der Waals surface area contributed by atoms with Crippen LogP contribution in [-0.4, -0.2) is 91.1 Å². The second kappa shape index (κ2) is 13.1. The Kier molecular flexibility index (Phi) is 8.88. The summed E-state index contributed by atoms with van der Waals surface area (Å²) in [6.45, 7) is 17.0. The molecule has 2 amide bonds. The Morgan fingerprint density at radius 3 is 2.46 bits per heavy atom. The number of hydrogen-bond donors (Lipinski definition) is 2. The topological polar surface area (TPSA) is 120 Å². The fourth-order valence-corrected chi connectivity index (χ4v) is 9.17. The SMILES string of the molecule is Cc1cc(Nc2nc(-c3ccc4c(c3)N([C@H]3C[C@@H](N5CCC(C)(C)C5)C3)C(=O)C43CCN(C(=O)C(C)(C)CO)CC3)cc3ncn(C(C)C)c23)c(F)cn1. The van der Waals surface area contributed by atoms with Gasteiger partial charge in [-0.3, -0.25) is 19.5 Å². The maximum atomic E-state index is 15.0. The van der Waals surface area contributed by atoms with E-state index >= 15 is 4.39 Å². The lowest BCUT2D eigenvalue weighted by Crippen LogP contribution is -2.58. The van der Waals surface area contributed by atoms with Crippen molar-refractivity contribution in [1.82, 2.24) is 29.3 Å². The first kappa shape index (κ1) is 36.6. The van der Waals surface area contributed by atoms with Crippen molar-refractivity contribution in [3.8, 4) is 11.3 Å². The Bertz CT molecular complexity index is 2130. The molecule has 4 aliphatic rings. The number of carbonyl (C=O) groups is 2. The maximum Gasteiger partial charge on any atom is 0.238 e. The van der Waals surface area contributed by atoms with Crippen molar-refractivity contribution in [3.05, 3.63) is 59.9 Å². The van der Waals surface area contributed by atoms with E-state index in [0.717, 1.165) is 53.8 Å². The van der Waals surface area contributed by atoms with Gasteiger partial charge in [-0.1, -0.05) is 26.0 Å². The molecule has 54 heavy (non-hydrogen) atoms. The number of pyridine rings is 2. The van der Waals surface area contributed by atoms with Crippen LogP contribution in [0.5, 0.6) is 0 Å². The van der Waals surface area contributed by atoms with Crippen LogP contribution in [0.2, 0.25) is 0 Å². The van der Waals surface area contributed by atoms with Crippen LogP contribution >= 0.6 is 0 Å². The molecule has 3 fully saturated rings. The van der Waals surface area contributed by atoms with E-state index < -0.39 is 16.6 Å². The number of aryl methyl sites for hydroxylation is 1. The zero-order valence-electron chi connectivity index (χ0n) is 32.6. The van der Waals surface area contributed by atoms with Crippen LogP contribution in [0.1, 0.15) is 90.9 Å². The number of aliphatic hydroxyl groups excluding tert-OH is 1. The van der Waals surface area contributed by atoms with Crippen molar-refractivity contribution in [1.29, 1.82) is 0 Å². The highest BCUT2D eigenvalue weighted by Gasteiger charge is 2.56. The molecule has 8 rings (SSSR count). The number of hydrogen-bond acceptors (Lipinski definition) is 8. The molecule has 0 radical (unpaired) electrons. The highest BCUT2D eigenvalue weighted by atomic mass is 19.1. The molecule has 1 aromatic carbocycles. The van der Waals surface area contributed by atoms with E-state index in [2.05, 4.69) is 59.9 Å². The molecule has 12 heteroatoms. The van der Waals surface area contributed by atoms with Gasteiger partial charge in [0, 0.05) is 54.7 Å². The highest BCUT2D eigenvalue weighted by molar-refractivity contribution is 6.09. The molecule has 1 aliphatic carbocycles. The first-order valence-corrected chi connectivity index (χ1v) is 19.5. The summed E-state index contributed by atoms with van der Waals surface area (Å²) in [4.78, 5) is 48.7. The average Bonchev–Trinajstić information content (AvgIpc) is 3.78. The van der Waals surface area contributed by atoms with Crippen LogP contribution < -0.4 is 10.2 Å². The smallest absolute Gasteiger partial charge is 0.238 e. The van der Waals surface area contributed by atoms with Crippen molar-refractivity contribution in [2.24, 2.45) is 10.8 Å².